The van der Waals surface area contributed by atoms with E-state index in [4.69, 9.17) is 0 Å². The number of anilines is 2. The summed E-state index contributed by atoms with van der Waals surface area (Å²) in [6, 6.07) is 17.8. The zero-order valence-corrected chi connectivity index (χ0v) is 12.9. The molecule has 0 saturated carbocycles. The van der Waals surface area contributed by atoms with Crippen LogP contribution in [-0.2, 0) is 7.05 Å². The van der Waals surface area contributed by atoms with Crippen molar-refractivity contribution in [2.24, 2.45) is 7.05 Å². The van der Waals surface area contributed by atoms with Gasteiger partial charge >= 0.3 is 0 Å². The smallest absolute Gasteiger partial charge is 0.277 e. The number of aromatic nitrogens is 2. The van der Waals surface area contributed by atoms with Gasteiger partial charge in [-0.3, -0.25) is 14.4 Å². The molecule has 3 aromatic rings. The largest absolute Gasteiger partial charge is 0.282 e. The van der Waals surface area contributed by atoms with E-state index in [-0.39, 0.29) is 5.56 Å². The highest BCUT2D eigenvalue weighted by atomic mass is 19.3. The summed E-state index contributed by atoms with van der Waals surface area (Å²) in [5, 5.41) is 3.72. The fraction of sp³-hybridized carbons (Fsp3) is 0.111. The van der Waals surface area contributed by atoms with E-state index in [0.717, 1.165) is 0 Å². The number of para-hydroxylation sites is 2. The molecule has 0 spiro atoms. The molecule has 2 aromatic carbocycles. The second-order valence-electron chi connectivity index (χ2n) is 5.21. The maximum atomic E-state index is 13.2. The predicted octanol–water partition coefficient (Wildman–Crippen LogP) is 4.34. The number of hydrogen-bond acceptors (Lipinski definition) is 2. The highest BCUT2D eigenvalue weighted by molar-refractivity contribution is 6.11. The van der Waals surface area contributed by atoms with Crippen molar-refractivity contribution in [2.75, 3.05) is 4.90 Å². The van der Waals surface area contributed by atoms with Crippen LogP contribution in [0.25, 0.3) is 0 Å². The Kier molecular flexibility index (Phi) is 4.37. The molecule has 1 heterocycles. The molecule has 1 aromatic heterocycles. The van der Waals surface area contributed by atoms with Crippen molar-refractivity contribution in [3.63, 3.8) is 0 Å². The van der Waals surface area contributed by atoms with Gasteiger partial charge in [0.05, 0.1) is 5.56 Å². The number of halogens is 2. The minimum Gasteiger partial charge on any atom is -0.277 e. The van der Waals surface area contributed by atoms with Crippen LogP contribution < -0.4 is 4.90 Å². The van der Waals surface area contributed by atoms with Gasteiger partial charge in [0, 0.05) is 24.6 Å². The number of nitrogens with zero attached hydrogens (tertiary/aromatic N) is 3. The van der Waals surface area contributed by atoms with Crippen LogP contribution in [0.3, 0.4) is 0 Å². The molecule has 0 aliphatic rings. The molecule has 122 valence electrons. The third kappa shape index (κ3) is 3.03. The Morgan fingerprint density at radius 2 is 1.50 bits per heavy atom. The highest BCUT2D eigenvalue weighted by Crippen LogP contribution is 2.30. The van der Waals surface area contributed by atoms with Crippen molar-refractivity contribution in [3.05, 3.63) is 78.1 Å². The van der Waals surface area contributed by atoms with Crippen LogP contribution in [0, 0.1) is 0 Å². The first-order chi connectivity index (χ1) is 11.6. The van der Waals surface area contributed by atoms with E-state index < -0.39 is 18.0 Å². The molecule has 0 radical (unpaired) electrons. The number of aryl methyl sites for hydroxylation is 1. The van der Waals surface area contributed by atoms with Gasteiger partial charge in [0.2, 0.25) is 0 Å². The first-order valence-corrected chi connectivity index (χ1v) is 7.34. The van der Waals surface area contributed by atoms with Gasteiger partial charge in [-0.05, 0) is 24.3 Å². The summed E-state index contributed by atoms with van der Waals surface area (Å²) in [5.41, 5.74) is 0.565. The molecule has 0 fully saturated rings. The first kappa shape index (κ1) is 15.9. The van der Waals surface area contributed by atoms with E-state index >= 15 is 0 Å². The summed E-state index contributed by atoms with van der Waals surface area (Å²) in [6.45, 7) is 0. The summed E-state index contributed by atoms with van der Waals surface area (Å²) < 4.78 is 27.7. The second-order valence-corrected chi connectivity index (χ2v) is 5.21. The lowest BCUT2D eigenvalue weighted by molar-refractivity contribution is 0.0984. The van der Waals surface area contributed by atoms with Crippen LogP contribution in [-0.4, -0.2) is 15.7 Å². The number of rotatable bonds is 4. The van der Waals surface area contributed by atoms with Crippen molar-refractivity contribution in [3.8, 4) is 0 Å². The molecule has 24 heavy (non-hydrogen) atoms. The van der Waals surface area contributed by atoms with Crippen LogP contribution in [0.1, 0.15) is 22.5 Å². The number of hydrogen-bond donors (Lipinski definition) is 0. The number of amides is 1. The molecule has 0 N–H and O–H groups in total. The molecular formula is C18H15F2N3O. The molecule has 6 heteroatoms. The lowest BCUT2D eigenvalue weighted by atomic mass is 10.1. The Morgan fingerprint density at radius 3 is 1.96 bits per heavy atom. The summed E-state index contributed by atoms with van der Waals surface area (Å²) >= 11 is 0. The van der Waals surface area contributed by atoms with Crippen molar-refractivity contribution >= 4 is 17.3 Å². The summed E-state index contributed by atoms with van der Waals surface area (Å²) in [7, 11) is 1.51. The number of carbonyl (C=O) groups excluding carboxylic acids is 1. The van der Waals surface area contributed by atoms with Gasteiger partial charge < -0.3 is 0 Å². The monoisotopic (exact) mass is 327 g/mol. The van der Waals surface area contributed by atoms with Gasteiger partial charge in [0.25, 0.3) is 12.3 Å². The minimum atomic E-state index is -2.82. The van der Waals surface area contributed by atoms with Gasteiger partial charge in [-0.1, -0.05) is 36.4 Å². The van der Waals surface area contributed by atoms with E-state index in [1.165, 1.54) is 22.8 Å². The summed E-state index contributed by atoms with van der Waals surface area (Å²) in [5.74, 6) is -0.546. The maximum Gasteiger partial charge on any atom is 0.282 e. The second kappa shape index (κ2) is 6.62. The fourth-order valence-electron chi connectivity index (χ4n) is 2.49. The summed E-state index contributed by atoms with van der Waals surface area (Å²) in [6.07, 6.45) is -1.50. The average Bonchev–Trinajstić information content (AvgIpc) is 2.99. The molecule has 1 amide bonds. The van der Waals surface area contributed by atoms with Gasteiger partial charge in [-0.25, -0.2) is 8.78 Å². The molecule has 0 aliphatic carbocycles. The Morgan fingerprint density at radius 1 is 1.00 bits per heavy atom. The lowest BCUT2D eigenvalue weighted by Crippen LogP contribution is -2.26. The maximum absolute atomic E-state index is 13.2. The fourth-order valence-corrected chi connectivity index (χ4v) is 2.49. The van der Waals surface area contributed by atoms with Crippen molar-refractivity contribution in [2.45, 2.75) is 6.43 Å². The Balaban J connectivity index is 2.11. The molecule has 4 nitrogen and oxygen atoms in total. The molecule has 0 bridgehead atoms. The quantitative estimate of drug-likeness (QED) is 0.715. The van der Waals surface area contributed by atoms with Crippen LogP contribution in [0.15, 0.2) is 66.9 Å². The SMILES string of the molecule is Cn1cc(C(=O)N(c2ccccc2)c2ccccc2)c(C(F)F)n1. The van der Waals surface area contributed by atoms with Gasteiger partial charge in [0.15, 0.2) is 0 Å². The normalized spacial score (nSPS) is 10.8. The zero-order valence-electron chi connectivity index (χ0n) is 12.9. The molecular weight excluding hydrogens is 312 g/mol. The average molecular weight is 327 g/mol. The molecule has 0 unspecified atom stereocenters. The Labute approximate surface area is 138 Å². The van der Waals surface area contributed by atoms with Gasteiger partial charge in [0.1, 0.15) is 5.69 Å². The van der Waals surface area contributed by atoms with E-state index in [1.54, 1.807) is 48.5 Å². The van der Waals surface area contributed by atoms with Crippen molar-refractivity contribution in [1.29, 1.82) is 0 Å². The summed E-state index contributed by atoms with van der Waals surface area (Å²) in [4.78, 5) is 14.4. The van der Waals surface area contributed by atoms with Gasteiger partial charge in [-0.2, -0.15) is 5.10 Å². The Bertz CT molecular complexity index is 792. The number of benzene rings is 2. The van der Waals surface area contributed by atoms with Gasteiger partial charge in [-0.15, -0.1) is 0 Å². The molecule has 0 saturated heterocycles. The van der Waals surface area contributed by atoms with E-state index in [9.17, 15) is 13.6 Å². The van der Waals surface area contributed by atoms with E-state index in [1.807, 2.05) is 12.1 Å². The van der Waals surface area contributed by atoms with Crippen LogP contribution in [0.2, 0.25) is 0 Å². The van der Waals surface area contributed by atoms with E-state index in [0.29, 0.717) is 11.4 Å². The zero-order chi connectivity index (χ0) is 17.1. The molecule has 3 rings (SSSR count). The van der Waals surface area contributed by atoms with E-state index in [2.05, 4.69) is 5.10 Å². The standard InChI is InChI=1S/C18H15F2N3O/c1-22-12-15(16(21-22)17(19)20)18(24)23(13-8-4-2-5-9-13)14-10-6-3-7-11-14/h2-12,17H,1H3. The number of alkyl halides is 2. The molecule has 0 atom stereocenters. The third-order valence-electron chi connectivity index (χ3n) is 3.53. The molecule has 0 aliphatic heterocycles. The first-order valence-electron chi connectivity index (χ1n) is 7.34. The van der Waals surface area contributed by atoms with Crippen molar-refractivity contribution in [1.82, 2.24) is 9.78 Å². The predicted molar refractivity (Wildman–Crippen MR) is 87.5 cm³/mol. The van der Waals surface area contributed by atoms with Crippen LogP contribution in [0.5, 0.6) is 0 Å². The topological polar surface area (TPSA) is 38.1 Å². The third-order valence-corrected chi connectivity index (χ3v) is 3.53. The lowest BCUT2D eigenvalue weighted by Gasteiger charge is -2.23. The highest BCUT2D eigenvalue weighted by Gasteiger charge is 2.28. The van der Waals surface area contributed by atoms with Crippen LogP contribution >= 0.6 is 0 Å². The number of carbonyl (C=O) groups is 1. The minimum absolute atomic E-state index is 0.111. The Hall–Kier alpha value is -3.02. The van der Waals surface area contributed by atoms with Crippen molar-refractivity contribution < 1.29 is 13.6 Å². The van der Waals surface area contributed by atoms with Crippen LogP contribution in [0.4, 0.5) is 20.2 Å².